The number of nitrogens with one attached hydrogen (secondary N) is 1. The van der Waals surface area contributed by atoms with Crippen molar-refractivity contribution in [1.29, 1.82) is 0 Å². The highest BCUT2D eigenvalue weighted by Gasteiger charge is 2.40. The van der Waals surface area contributed by atoms with Crippen molar-refractivity contribution >= 4 is 21.6 Å². The summed E-state index contributed by atoms with van der Waals surface area (Å²) in [5.41, 5.74) is 1.82. The second-order valence-corrected chi connectivity index (χ2v) is 10.0. The Kier molecular flexibility index (Phi) is 4.91. The predicted octanol–water partition coefficient (Wildman–Crippen LogP) is 3.74. The van der Waals surface area contributed by atoms with Crippen LogP contribution in [0, 0.1) is 18.8 Å². The molecule has 0 unspecified atom stereocenters. The van der Waals surface area contributed by atoms with Crippen molar-refractivity contribution in [3.8, 4) is 0 Å². The standard InChI is InChI=1S/C22H26N2O3S/c1-15-8-10-18(22(25)23-20-13-16-9-11-17(20)12-16)14-21(15)24(2)28(26,27)19-6-4-3-5-7-19/h3-8,10,14,16-17,20H,9,11-13H2,1-2H3,(H,23,25)/t16-,17-,20-/m1/s1. The molecule has 2 aliphatic rings. The van der Waals surface area contributed by atoms with Gasteiger partial charge in [0.2, 0.25) is 0 Å². The molecule has 28 heavy (non-hydrogen) atoms. The van der Waals surface area contributed by atoms with E-state index in [9.17, 15) is 13.2 Å². The second-order valence-electron chi connectivity index (χ2n) is 8.04. The number of anilines is 1. The molecule has 3 atom stereocenters. The van der Waals surface area contributed by atoms with Gasteiger partial charge in [0.15, 0.2) is 0 Å². The molecule has 2 saturated carbocycles. The van der Waals surface area contributed by atoms with Crippen LogP contribution in [-0.2, 0) is 10.0 Å². The molecule has 2 aromatic rings. The van der Waals surface area contributed by atoms with E-state index in [4.69, 9.17) is 0 Å². The largest absolute Gasteiger partial charge is 0.349 e. The molecule has 1 N–H and O–H groups in total. The molecule has 1 amide bonds. The van der Waals surface area contributed by atoms with Gasteiger partial charge in [-0.1, -0.05) is 30.7 Å². The maximum atomic E-state index is 13.0. The lowest BCUT2D eigenvalue weighted by Crippen LogP contribution is -2.38. The van der Waals surface area contributed by atoms with E-state index in [1.54, 1.807) is 42.5 Å². The molecule has 5 nitrogen and oxygen atoms in total. The average molecular weight is 399 g/mol. The number of benzene rings is 2. The quantitative estimate of drug-likeness (QED) is 0.834. The van der Waals surface area contributed by atoms with Gasteiger partial charge in [-0.05, 0) is 67.9 Å². The number of amides is 1. The number of fused-ring (bicyclic) bond motifs is 2. The molecule has 148 valence electrons. The van der Waals surface area contributed by atoms with Gasteiger partial charge in [0.25, 0.3) is 15.9 Å². The van der Waals surface area contributed by atoms with Crippen molar-refractivity contribution in [3.05, 3.63) is 59.7 Å². The Labute approximate surface area is 166 Å². The summed E-state index contributed by atoms with van der Waals surface area (Å²) in [4.78, 5) is 13.0. The van der Waals surface area contributed by atoms with Crippen LogP contribution in [0.3, 0.4) is 0 Å². The van der Waals surface area contributed by atoms with Crippen molar-refractivity contribution < 1.29 is 13.2 Å². The van der Waals surface area contributed by atoms with Gasteiger partial charge in [0.05, 0.1) is 10.6 Å². The number of hydrogen-bond donors (Lipinski definition) is 1. The first-order valence-corrected chi connectivity index (χ1v) is 11.3. The number of aryl methyl sites for hydroxylation is 1. The van der Waals surface area contributed by atoms with E-state index in [-0.39, 0.29) is 16.8 Å². The highest BCUT2D eigenvalue weighted by Crippen LogP contribution is 2.44. The van der Waals surface area contributed by atoms with Gasteiger partial charge in [0.1, 0.15) is 0 Å². The monoisotopic (exact) mass is 398 g/mol. The van der Waals surface area contributed by atoms with Gasteiger partial charge in [-0.3, -0.25) is 9.10 Å². The van der Waals surface area contributed by atoms with E-state index in [0.29, 0.717) is 17.2 Å². The van der Waals surface area contributed by atoms with Crippen LogP contribution in [0.1, 0.15) is 41.6 Å². The zero-order valence-corrected chi connectivity index (χ0v) is 17.1. The van der Waals surface area contributed by atoms with E-state index in [1.807, 2.05) is 13.0 Å². The molecule has 0 spiro atoms. The van der Waals surface area contributed by atoms with E-state index in [1.165, 1.54) is 30.6 Å². The van der Waals surface area contributed by atoms with E-state index >= 15 is 0 Å². The van der Waals surface area contributed by atoms with Crippen LogP contribution >= 0.6 is 0 Å². The molecule has 0 aliphatic heterocycles. The van der Waals surface area contributed by atoms with Crippen LogP contribution in [0.4, 0.5) is 5.69 Å². The summed E-state index contributed by atoms with van der Waals surface area (Å²) in [7, 11) is -2.15. The fourth-order valence-corrected chi connectivity index (χ4v) is 5.92. The third kappa shape index (κ3) is 3.41. The molecule has 0 saturated heterocycles. The summed E-state index contributed by atoms with van der Waals surface area (Å²) < 4.78 is 27.2. The lowest BCUT2D eigenvalue weighted by Gasteiger charge is -2.24. The van der Waals surface area contributed by atoms with Gasteiger partial charge in [-0.25, -0.2) is 8.42 Å². The fraction of sp³-hybridized carbons (Fsp3) is 0.409. The lowest BCUT2D eigenvalue weighted by atomic mass is 9.95. The zero-order valence-electron chi connectivity index (χ0n) is 16.3. The Hall–Kier alpha value is -2.34. The van der Waals surface area contributed by atoms with Crippen molar-refractivity contribution in [1.82, 2.24) is 5.32 Å². The topological polar surface area (TPSA) is 66.5 Å². The summed E-state index contributed by atoms with van der Waals surface area (Å²) in [5, 5.41) is 3.18. The predicted molar refractivity (Wildman–Crippen MR) is 110 cm³/mol. The van der Waals surface area contributed by atoms with Gasteiger partial charge in [-0.15, -0.1) is 0 Å². The fourth-order valence-electron chi connectivity index (χ4n) is 4.64. The van der Waals surface area contributed by atoms with Crippen LogP contribution in [0.15, 0.2) is 53.4 Å². The molecule has 2 aromatic carbocycles. The maximum absolute atomic E-state index is 13.0. The van der Waals surface area contributed by atoms with Gasteiger partial charge in [0, 0.05) is 18.7 Å². The van der Waals surface area contributed by atoms with Crippen molar-refractivity contribution in [2.45, 2.75) is 43.5 Å². The molecule has 6 heteroatoms. The van der Waals surface area contributed by atoms with Crippen LogP contribution in [-0.4, -0.2) is 27.4 Å². The summed E-state index contributed by atoms with van der Waals surface area (Å²) in [6.45, 7) is 1.85. The van der Waals surface area contributed by atoms with E-state index in [2.05, 4.69) is 5.32 Å². The molecule has 2 aliphatic carbocycles. The average Bonchev–Trinajstić information content (AvgIpc) is 3.31. The molecule has 2 fully saturated rings. The molecule has 2 bridgehead atoms. The van der Waals surface area contributed by atoms with Crippen LogP contribution < -0.4 is 9.62 Å². The first kappa shape index (κ1) is 19.0. The number of sulfonamides is 1. The van der Waals surface area contributed by atoms with Crippen molar-refractivity contribution in [3.63, 3.8) is 0 Å². The number of carbonyl (C=O) groups excluding carboxylic acids is 1. The Balaban J connectivity index is 1.57. The Morgan fingerprint density at radius 1 is 1.07 bits per heavy atom. The third-order valence-electron chi connectivity index (χ3n) is 6.27. The first-order chi connectivity index (χ1) is 13.4. The Morgan fingerprint density at radius 3 is 2.46 bits per heavy atom. The highest BCUT2D eigenvalue weighted by atomic mass is 32.2. The minimum absolute atomic E-state index is 0.121. The molecule has 0 heterocycles. The smallest absolute Gasteiger partial charge is 0.264 e. The molecule has 0 radical (unpaired) electrons. The number of nitrogens with zero attached hydrogens (tertiary/aromatic N) is 1. The minimum atomic E-state index is -3.68. The third-order valence-corrected chi connectivity index (χ3v) is 8.05. The number of rotatable bonds is 5. The zero-order chi connectivity index (χ0) is 19.9. The SMILES string of the molecule is Cc1ccc(C(=O)N[C@@H]2C[C@@H]3CC[C@@H]2C3)cc1N(C)S(=O)(=O)c1ccccc1. The van der Waals surface area contributed by atoms with Crippen LogP contribution in [0.5, 0.6) is 0 Å². The lowest BCUT2D eigenvalue weighted by molar-refractivity contribution is 0.0923. The molecular weight excluding hydrogens is 372 g/mol. The van der Waals surface area contributed by atoms with Crippen molar-refractivity contribution in [2.24, 2.45) is 11.8 Å². The van der Waals surface area contributed by atoms with Crippen LogP contribution in [0.25, 0.3) is 0 Å². The Morgan fingerprint density at radius 2 is 1.82 bits per heavy atom. The van der Waals surface area contributed by atoms with Gasteiger partial charge >= 0.3 is 0 Å². The number of carbonyl (C=O) groups is 1. The minimum Gasteiger partial charge on any atom is -0.349 e. The van der Waals surface area contributed by atoms with Gasteiger partial charge < -0.3 is 5.32 Å². The molecule has 4 rings (SSSR count). The maximum Gasteiger partial charge on any atom is 0.264 e. The van der Waals surface area contributed by atoms with Crippen molar-refractivity contribution in [2.75, 3.05) is 11.4 Å². The summed E-state index contributed by atoms with van der Waals surface area (Å²) in [5.74, 6) is 1.23. The normalized spacial score (nSPS) is 23.6. The van der Waals surface area contributed by atoms with E-state index < -0.39 is 10.0 Å². The van der Waals surface area contributed by atoms with Crippen LogP contribution in [0.2, 0.25) is 0 Å². The highest BCUT2D eigenvalue weighted by molar-refractivity contribution is 7.92. The molecule has 0 aromatic heterocycles. The molecular formula is C22H26N2O3S. The summed E-state index contributed by atoms with van der Waals surface area (Å²) in [6.07, 6.45) is 4.78. The summed E-state index contributed by atoms with van der Waals surface area (Å²) >= 11 is 0. The summed E-state index contributed by atoms with van der Waals surface area (Å²) in [6, 6.07) is 13.8. The Bertz CT molecular complexity index is 988. The number of hydrogen-bond acceptors (Lipinski definition) is 3. The van der Waals surface area contributed by atoms with Gasteiger partial charge in [-0.2, -0.15) is 0 Å². The van der Waals surface area contributed by atoms with E-state index in [0.717, 1.165) is 17.9 Å². The second kappa shape index (κ2) is 7.24. The first-order valence-electron chi connectivity index (χ1n) is 9.82.